The van der Waals surface area contributed by atoms with E-state index < -0.39 is 0 Å². The molecule has 1 fully saturated rings. The molecule has 1 heterocycles. The summed E-state index contributed by atoms with van der Waals surface area (Å²) in [6.45, 7) is 3.80. The lowest BCUT2D eigenvalue weighted by Gasteiger charge is -2.18. The molecule has 15 heavy (non-hydrogen) atoms. The first-order valence-corrected chi connectivity index (χ1v) is 5.12. The Labute approximate surface area is 89.5 Å². The minimum atomic E-state index is 0.550. The maximum absolute atomic E-state index is 9.13. The van der Waals surface area contributed by atoms with E-state index in [1.54, 1.807) is 0 Å². The van der Waals surface area contributed by atoms with Crippen molar-refractivity contribution in [3.05, 3.63) is 16.8 Å². The molecular weight excluding hydrogens is 188 g/mol. The average Bonchev–Trinajstić information content (AvgIpc) is 3.04. The van der Waals surface area contributed by atoms with Crippen molar-refractivity contribution >= 4 is 5.82 Å². The zero-order valence-corrected chi connectivity index (χ0v) is 9.28. The van der Waals surface area contributed by atoms with Crippen LogP contribution in [0.4, 0.5) is 5.82 Å². The van der Waals surface area contributed by atoms with Gasteiger partial charge in [-0.3, -0.25) is 0 Å². The molecule has 78 valence electrons. The molecule has 0 atom stereocenters. The second-order valence-corrected chi connectivity index (χ2v) is 4.06. The first kappa shape index (κ1) is 9.91. The molecule has 4 nitrogen and oxygen atoms in total. The van der Waals surface area contributed by atoms with Gasteiger partial charge in [-0.05, 0) is 32.3 Å². The third-order valence-electron chi connectivity index (χ3n) is 2.98. The summed E-state index contributed by atoms with van der Waals surface area (Å²) in [6.07, 6.45) is 2.38. The van der Waals surface area contributed by atoms with Gasteiger partial charge in [0.2, 0.25) is 0 Å². The van der Waals surface area contributed by atoms with Crippen molar-refractivity contribution < 1.29 is 0 Å². The number of aromatic nitrogens is 2. The summed E-state index contributed by atoms with van der Waals surface area (Å²) in [6, 6.07) is 2.77. The Kier molecular flexibility index (Phi) is 2.31. The van der Waals surface area contributed by atoms with Gasteiger partial charge in [-0.1, -0.05) is 0 Å². The van der Waals surface area contributed by atoms with Crippen molar-refractivity contribution in [1.29, 1.82) is 5.26 Å². The normalized spacial score (nSPS) is 14.8. The van der Waals surface area contributed by atoms with Gasteiger partial charge in [0.05, 0.1) is 5.69 Å². The van der Waals surface area contributed by atoms with E-state index in [-0.39, 0.29) is 0 Å². The van der Waals surface area contributed by atoms with E-state index >= 15 is 0 Å². The van der Waals surface area contributed by atoms with E-state index in [1.165, 1.54) is 12.8 Å². The largest absolute Gasteiger partial charge is 0.354 e. The maximum Gasteiger partial charge on any atom is 0.169 e. The Hall–Kier alpha value is -1.63. The maximum atomic E-state index is 9.13. The molecule has 1 saturated carbocycles. The van der Waals surface area contributed by atoms with Crippen molar-refractivity contribution in [2.75, 3.05) is 11.9 Å². The van der Waals surface area contributed by atoms with Crippen molar-refractivity contribution in [1.82, 2.24) is 10.2 Å². The predicted octanol–water partition coefficient (Wildman–Crippen LogP) is 1.56. The minimum Gasteiger partial charge on any atom is -0.354 e. The Morgan fingerprint density at radius 3 is 2.53 bits per heavy atom. The average molecular weight is 202 g/mol. The molecule has 0 radical (unpaired) electrons. The first-order valence-electron chi connectivity index (χ1n) is 5.12. The van der Waals surface area contributed by atoms with Crippen molar-refractivity contribution in [3.8, 4) is 6.07 Å². The highest BCUT2D eigenvalue weighted by atomic mass is 15.3. The number of anilines is 1. The van der Waals surface area contributed by atoms with Gasteiger partial charge < -0.3 is 4.90 Å². The highest BCUT2D eigenvalue weighted by Gasteiger charge is 2.29. The Bertz CT molecular complexity index is 429. The van der Waals surface area contributed by atoms with E-state index in [2.05, 4.69) is 21.2 Å². The summed E-state index contributed by atoms with van der Waals surface area (Å²) in [5.41, 5.74) is 2.44. The van der Waals surface area contributed by atoms with Crippen LogP contribution >= 0.6 is 0 Å². The summed E-state index contributed by atoms with van der Waals surface area (Å²) in [7, 11) is 1.98. The third-order valence-corrected chi connectivity index (χ3v) is 2.98. The van der Waals surface area contributed by atoms with Gasteiger partial charge >= 0.3 is 0 Å². The molecule has 0 bridgehead atoms. The van der Waals surface area contributed by atoms with Crippen LogP contribution in [0.5, 0.6) is 0 Å². The zero-order chi connectivity index (χ0) is 11.0. The second-order valence-electron chi connectivity index (χ2n) is 4.06. The number of nitrogens with zero attached hydrogens (tertiary/aromatic N) is 4. The van der Waals surface area contributed by atoms with Crippen molar-refractivity contribution in [2.24, 2.45) is 0 Å². The molecule has 0 N–H and O–H groups in total. The van der Waals surface area contributed by atoms with Gasteiger partial charge in [0, 0.05) is 13.1 Å². The fourth-order valence-corrected chi connectivity index (χ4v) is 1.61. The third kappa shape index (κ3) is 1.65. The summed E-state index contributed by atoms with van der Waals surface area (Å²) >= 11 is 0. The van der Waals surface area contributed by atoms with Gasteiger partial charge in [0.1, 0.15) is 11.6 Å². The lowest BCUT2D eigenvalue weighted by molar-refractivity contribution is 0.842. The minimum absolute atomic E-state index is 0.550. The van der Waals surface area contributed by atoms with Crippen LogP contribution in [0.2, 0.25) is 0 Å². The van der Waals surface area contributed by atoms with Crippen LogP contribution in [0.25, 0.3) is 0 Å². The van der Waals surface area contributed by atoms with Crippen LogP contribution in [-0.4, -0.2) is 23.3 Å². The van der Waals surface area contributed by atoms with Crippen LogP contribution in [0.15, 0.2) is 0 Å². The Balaban J connectivity index is 2.47. The number of nitriles is 1. The number of hydrogen-bond donors (Lipinski definition) is 0. The van der Waals surface area contributed by atoms with E-state index in [0.29, 0.717) is 11.6 Å². The van der Waals surface area contributed by atoms with E-state index in [1.807, 2.05) is 20.9 Å². The SMILES string of the molecule is Cc1nnc(N(C)C2CC2)c(C#N)c1C. The van der Waals surface area contributed by atoms with Gasteiger partial charge in [-0.25, -0.2) is 0 Å². The number of hydrogen-bond acceptors (Lipinski definition) is 4. The van der Waals surface area contributed by atoms with Gasteiger partial charge in [-0.15, -0.1) is 5.10 Å². The lowest BCUT2D eigenvalue weighted by Crippen LogP contribution is -2.23. The quantitative estimate of drug-likeness (QED) is 0.730. The van der Waals surface area contributed by atoms with E-state index in [9.17, 15) is 0 Å². The second kappa shape index (κ2) is 3.50. The molecule has 4 heteroatoms. The Morgan fingerprint density at radius 1 is 1.33 bits per heavy atom. The first-order chi connectivity index (χ1) is 7.15. The smallest absolute Gasteiger partial charge is 0.169 e. The zero-order valence-electron chi connectivity index (χ0n) is 9.28. The van der Waals surface area contributed by atoms with Crippen LogP contribution in [0.3, 0.4) is 0 Å². The molecule has 2 rings (SSSR count). The molecule has 0 saturated heterocycles. The van der Waals surface area contributed by atoms with Gasteiger partial charge in [0.25, 0.3) is 0 Å². The van der Waals surface area contributed by atoms with Crippen molar-refractivity contribution in [2.45, 2.75) is 32.7 Å². The predicted molar refractivity (Wildman–Crippen MR) is 57.6 cm³/mol. The van der Waals surface area contributed by atoms with Crippen LogP contribution in [-0.2, 0) is 0 Å². The molecule has 0 aromatic carbocycles. The standard InChI is InChI=1S/C11H14N4/c1-7-8(2)13-14-11(10(7)6-12)15(3)9-4-5-9/h9H,4-5H2,1-3H3. The van der Waals surface area contributed by atoms with Crippen LogP contribution in [0.1, 0.15) is 29.7 Å². The van der Waals surface area contributed by atoms with Crippen LogP contribution in [0, 0.1) is 25.2 Å². The molecule has 1 aromatic rings. The lowest BCUT2D eigenvalue weighted by atomic mass is 10.1. The summed E-state index contributed by atoms with van der Waals surface area (Å²) in [5.74, 6) is 0.725. The topological polar surface area (TPSA) is 52.8 Å². The fourth-order valence-electron chi connectivity index (χ4n) is 1.61. The molecule has 1 aliphatic carbocycles. The molecule has 0 aliphatic heterocycles. The number of aryl methyl sites for hydroxylation is 1. The van der Waals surface area contributed by atoms with E-state index in [0.717, 1.165) is 17.1 Å². The van der Waals surface area contributed by atoms with Gasteiger partial charge in [0.15, 0.2) is 5.82 Å². The highest BCUT2D eigenvalue weighted by molar-refractivity contribution is 5.58. The molecule has 0 unspecified atom stereocenters. The Morgan fingerprint density at radius 2 is 2.00 bits per heavy atom. The molecule has 1 aliphatic rings. The monoisotopic (exact) mass is 202 g/mol. The number of rotatable bonds is 2. The van der Waals surface area contributed by atoms with Gasteiger partial charge in [-0.2, -0.15) is 10.4 Å². The fraction of sp³-hybridized carbons (Fsp3) is 0.545. The van der Waals surface area contributed by atoms with Crippen LogP contribution < -0.4 is 4.90 Å². The highest BCUT2D eigenvalue weighted by Crippen LogP contribution is 2.31. The molecular formula is C11H14N4. The van der Waals surface area contributed by atoms with Crippen molar-refractivity contribution in [3.63, 3.8) is 0 Å². The molecule has 0 spiro atoms. The summed E-state index contributed by atoms with van der Waals surface area (Å²) in [4.78, 5) is 2.07. The van der Waals surface area contributed by atoms with E-state index in [4.69, 9.17) is 5.26 Å². The molecule has 0 amide bonds. The summed E-state index contributed by atoms with van der Waals surface area (Å²) < 4.78 is 0. The molecule has 1 aromatic heterocycles. The summed E-state index contributed by atoms with van der Waals surface area (Å²) in [5, 5.41) is 17.3.